The second-order valence-electron chi connectivity index (χ2n) is 4.61. The Labute approximate surface area is 141 Å². The van der Waals surface area contributed by atoms with Gasteiger partial charge in [0.05, 0.1) is 10.0 Å². The number of benzene rings is 2. The van der Waals surface area contributed by atoms with Gasteiger partial charge in [-0.1, -0.05) is 35.3 Å². The van der Waals surface area contributed by atoms with Crippen LogP contribution in [0.25, 0.3) is 0 Å². The maximum Gasteiger partial charge on any atom is 0.253 e. The van der Waals surface area contributed by atoms with E-state index in [1.807, 2.05) is 12.1 Å². The highest BCUT2D eigenvalue weighted by Gasteiger charge is 2.15. The van der Waals surface area contributed by atoms with Crippen molar-refractivity contribution in [2.45, 2.75) is 6.54 Å². The number of nitrogens with zero attached hydrogens (tertiary/aromatic N) is 1. The van der Waals surface area contributed by atoms with E-state index in [-0.39, 0.29) is 5.91 Å². The molecule has 21 heavy (non-hydrogen) atoms. The lowest BCUT2D eigenvalue weighted by Crippen LogP contribution is -2.26. The Morgan fingerprint density at radius 2 is 2.00 bits per heavy atom. The van der Waals surface area contributed by atoms with Crippen LogP contribution in [0.5, 0.6) is 0 Å². The number of halogens is 3. The Hall–Kier alpha value is -1.23. The number of rotatable bonds is 3. The molecule has 0 aliphatic carbocycles. The Morgan fingerprint density at radius 3 is 2.67 bits per heavy atom. The van der Waals surface area contributed by atoms with Gasteiger partial charge in [0, 0.05) is 29.3 Å². The molecule has 0 bridgehead atoms. The lowest BCUT2D eigenvalue weighted by atomic mass is 10.1. The zero-order valence-corrected chi connectivity index (χ0v) is 14.3. The SMILES string of the molecule is CN(Cc1cccc(Cl)c1Cl)C(=O)c1ccc(N)c(Br)c1. The molecule has 0 saturated carbocycles. The lowest BCUT2D eigenvalue weighted by molar-refractivity contribution is 0.0785. The summed E-state index contributed by atoms with van der Waals surface area (Å²) in [6.07, 6.45) is 0. The monoisotopic (exact) mass is 386 g/mol. The third-order valence-corrected chi connectivity index (χ3v) is 4.58. The fourth-order valence-electron chi connectivity index (χ4n) is 1.88. The molecule has 3 nitrogen and oxygen atoms in total. The molecule has 2 N–H and O–H groups in total. The highest BCUT2D eigenvalue weighted by Crippen LogP contribution is 2.27. The molecule has 2 rings (SSSR count). The number of carbonyl (C=O) groups is 1. The average Bonchev–Trinajstić information content (AvgIpc) is 2.46. The fourth-order valence-corrected chi connectivity index (χ4v) is 2.64. The molecule has 2 aromatic carbocycles. The number of hydrogen-bond acceptors (Lipinski definition) is 2. The molecule has 0 fully saturated rings. The van der Waals surface area contributed by atoms with Crippen molar-refractivity contribution in [2.24, 2.45) is 0 Å². The van der Waals surface area contributed by atoms with Crippen LogP contribution in [0.3, 0.4) is 0 Å². The Kier molecular flexibility index (Phi) is 5.14. The highest BCUT2D eigenvalue weighted by atomic mass is 79.9. The quantitative estimate of drug-likeness (QED) is 0.781. The van der Waals surface area contributed by atoms with Crippen molar-refractivity contribution in [1.29, 1.82) is 0 Å². The first kappa shape index (κ1) is 16.1. The van der Waals surface area contributed by atoms with Gasteiger partial charge in [-0.05, 0) is 45.8 Å². The third-order valence-electron chi connectivity index (χ3n) is 3.03. The molecule has 6 heteroatoms. The Morgan fingerprint density at radius 1 is 1.29 bits per heavy atom. The first-order chi connectivity index (χ1) is 9.90. The summed E-state index contributed by atoms with van der Waals surface area (Å²) in [5.41, 5.74) is 7.66. The molecular weight excluding hydrogens is 375 g/mol. The molecular formula is C15H13BrCl2N2O. The number of anilines is 1. The maximum atomic E-state index is 12.4. The van der Waals surface area contributed by atoms with E-state index in [1.165, 1.54) is 0 Å². The predicted octanol–water partition coefficient (Wildman–Crippen LogP) is 4.61. The molecule has 0 heterocycles. The predicted molar refractivity (Wildman–Crippen MR) is 90.8 cm³/mol. The molecule has 110 valence electrons. The van der Waals surface area contributed by atoms with Crippen molar-refractivity contribution in [1.82, 2.24) is 4.90 Å². The van der Waals surface area contributed by atoms with E-state index in [4.69, 9.17) is 28.9 Å². The molecule has 0 unspecified atom stereocenters. The molecule has 0 aliphatic heterocycles. The topological polar surface area (TPSA) is 46.3 Å². The van der Waals surface area contributed by atoms with Gasteiger partial charge in [0.25, 0.3) is 5.91 Å². The van der Waals surface area contributed by atoms with E-state index in [1.54, 1.807) is 36.2 Å². The first-order valence-electron chi connectivity index (χ1n) is 6.13. The van der Waals surface area contributed by atoms with E-state index in [0.717, 1.165) is 5.56 Å². The third kappa shape index (κ3) is 3.70. The standard InChI is InChI=1S/C15H13BrCl2N2O/c1-20(8-10-3-2-4-12(17)14(10)18)15(21)9-5-6-13(19)11(16)7-9/h2-7H,8,19H2,1H3. The Balaban J connectivity index is 2.19. The van der Waals surface area contributed by atoms with Gasteiger partial charge in [-0.3, -0.25) is 4.79 Å². The van der Waals surface area contributed by atoms with Crippen molar-refractivity contribution < 1.29 is 4.79 Å². The van der Waals surface area contributed by atoms with Crippen LogP contribution < -0.4 is 5.73 Å². The van der Waals surface area contributed by atoms with Gasteiger partial charge in [0.15, 0.2) is 0 Å². The van der Waals surface area contributed by atoms with E-state index in [0.29, 0.717) is 32.3 Å². The van der Waals surface area contributed by atoms with Gasteiger partial charge in [0.2, 0.25) is 0 Å². The minimum Gasteiger partial charge on any atom is -0.398 e. The average molecular weight is 388 g/mol. The fraction of sp³-hybridized carbons (Fsp3) is 0.133. The second kappa shape index (κ2) is 6.69. The van der Waals surface area contributed by atoms with Crippen LogP contribution >= 0.6 is 39.1 Å². The summed E-state index contributed by atoms with van der Waals surface area (Å²) in [6.45, 7) is 0.375. The van der Waals surface area contributed by atoms with Gasteiger partial charge in [-0.25, -0.2) is 0 Å². The van der Waals surface area contributed by atoms with Crippen LogP contribution in [0, 0.1) is 0 Å². The molecule has 1 amide bonds. The van der Waals surface area contributed by atoms with Gasteiger partial charge in [-0.15, -0.1) is 0 Å². The minimum atomic E-state index is -0.119. The van der Waals surface area contributed by atoms with Crippen LogP contribution in [-0.4, -0.2) is 17.9 Å². The molecule has 0 atom stereocenters. The van der Waals surface area contributed by atoms with Crippen molar-refractivity contribution in [3.05, 3.63) is 62.0 Å². The van der Waals surface area contributed by atoms with E-state index >= 15 is 0 Å². The van der Waals surface area contributed by atoms with E-state index in [2.05, 4.69) is 15.9 Å². The van der Waals surface area contributed by atoms with Crippen molar-refractivity contribution in [3.63, 3.8) is 0 Å². The van der Waals surface area contributed by atoms with E-state index in [9.17, 15) is 4.79 Å². The second-order valence-corrected chi connectivity index (χ2v) is 6.25. The summed E-state index contributed by atoms with van der Waals surface area (Å²) < 4.78 is 0.697. The largest absolute Gasteiger partial charge is 0.398 e. The van der Waals surface area contributed by atoms with Gasteiger partial charge >= 0.3 is 0 Å². The summed E-state index contributed by atoms with van der Waals surface area (Å²) in [5, 5.41) is 0.947. The number of amides is 1. The summed E-state index contributed by atoms with van der Waals surface area (Å²) in [7, 11) is 1.71. The number of nitrogens with two attached hydrogens (primary N) is 1. The first-order valence-corrected chi connectivity index (χ1v) is 7.68. The smallest absolute Gasteiger partial charge is 0.253 e. The molecule has 0 spiro atoms. The molecule has 0 aliphatic rings. The van der Waals surface area contributed by atoms with Crippen LogP contribution in [0.4, 0.5) is 5.69 Å². The Bertz CT molecular complexity index is 691. The summed E-state index contributed by atoms with van der Waals surface area (Å²) in [4.78, 5) is 14.0. The molecule has 0 aromatic heterocycles. The van der Waals surface area contributed by atoms with Crippen LogP contribution in [0.2, 0.25) is 10.0 Å². The summed E-state index contributed by atoms with van der Waals surface area (Å²) in [5.74, 6) is -0.119. The van der Waals surface area contributed by atoms with E-state index < -0.39 is 0 Å². The van der Waals surface area contributed by atoms with Crippen molar-refractivity contribution >= 4 is 50.7 Å². The van der Waals surface area contributed by atoms with Gasteiger partial charge in [-0.2, -0.15) is 0 Å². The molecule has 0 radical (unpaired) electrons. The minimum absolute atomic E-state index is 0.119. The number of carbonyl (C=O) groups excluding carboxylic acids is 1. The van der Waals surface area contributed by atoms with Crippen molar-refractivity contribution in [2.75, 3.05) is 12.8 Å². The normalized spacial score (nSPS) is 10.5. The maximum absolute atomic E-state index is 12.4. The zero-order chi connectivity index (χ0) is 15.6. The number of nitrogen functional groups attached to an aromatic ring is 1. The molecule has 0 saturated heterocycles. The van der Waals surface area contributed by atoms with Gasteiger partial charge < -0.3 is 10.6 Å². The van der Waals surface area contributed by atoms with Crippen LogP contribution in [0.1, 0.15) is 15.9 Å². The van der Waals surface area contributed by atoms with Gasteiger partial charge in [0.1, 0.15) is 0 Å². The highest BCUT2D eigenvalue weighted by molar-refractivity contribution is 9.10. The van der Waals surface area contributed by atoms with Crippen LogP contribution in [0.15, 0.2) is 40.9 Å². The molecule has 2 aromatic rings. The summed E-state index contributed by atoms with van der Waals surface area (Å²) >= 11 is 15.4. The summed E-state index contributed by atoms with van der Waals surface area (Å²) in [6, 6.07) is 10.5. The van der Waals surface area contributed by atoms with Crippen LogP contribution in [-0.2, 0) is 6.54 Å². The zero-order valence-electron chi connectivity index (χ0n) is 11.2. The van der Waals surface area contributed by atoms with Crippen molar-refractivity contribution in [3.8, 4) is 0 Å². The lowest BCUT2D eigenvalue weighted by Gasteiger charge is -2.18. The number of hydrogen-bond donors (Lipinski definition) is 1.